The molecule has 0 saturated heterocycles. The van der Waals surface area contributed by atoms with Crippen molar-refractivity contribution in [2.75, 3.05) is 5.32 Å². The highest BCUT2D eigenvalue weighted by Crippen LogP contribution is 2.34. The number of carbonyl (C=O) groups is 1. The summed E-state index contributed by atoms with van der Waals surface area (Å²) in [6.45, 7) is 1.82. The standard InChI is InChI=1S/C19H12Cl3N5O/c1-10-14(18(22)27(26-10)12-5-3-2-4-6-12)9-23-25-17-13-7-11(20)8-15(21)16(13)24-19(17)28/h2-9H,1H3,(H,24,25,28)/b23-9+. The first-order valence-electron chi connectivity index (χ1n) is 8.18. The van der Waals surface area contributed by atoms with Crippen LogP contribution in [0.5, 0.6) is 0 Å². The molecule has 2 heterocycles. The number of halogens is 3. The van der Waals surface area contributed by atoms with Gasteiger partial charge in [-0.2, -0.15) is 10.2 Å². The highest BCUT2D eigenvalue weighted by atomic mass is 35.5. The maximum atomic E-state index is 12.2. The van der Waals surface area contributed by atoms with Gasteiger partial charge < -0.3 is 5.32 Å². The van der Waals surface area contributed by atoms with Gasteiger partial charge in [-0.3, -0.25) is 4.79 Å². The summed E-state index contributed by atoms with van der Waals surface area (Å²) in [5.74, 6) is -0.404. The quantitative estimate of drug-likeness (QED) is 0.471. The molecule has 2 aromatic carbocycles. The van der Waals surface area contributed by atoms with Gasteiger partial charge in [-0.15, -0.1) is 5.10 Å². The van der Waals surface area contributed by atoms with E-state index in [-0.39, 0.29) is 5.71 Å². The van der Waals surface area contributed by atoms with Gasteiger partial charge in [-0.05, 0) is 31.2 Å². The number of aromatic nitrogens is 2. The van der Waals surface area contributed by atoms with Gasteiger partial charge in [0.05, 0.1) is 33.9 Å². The van der Waals surface area contributed by atoms with Crippen molar-refractivity contribution < 1.29 is 4.79 Å². The van der Waals surface area contributed by atoms with Crippen molar-refractivity contribution in [3.05, 3.63) is 74.5 Å². The van der Waals surface area contributed by atoms with E-state index in [4.69, 9.17) is 34.8 Å². The average Bonchev–Trinajstić information content (AvgIpc) is 3.13. The number of hydrogen-bond donors (Lipinski definition) is 1. The Bertz CT molecular complexity index is 1150. The van der Waals surface area contributed by atoms with Crippen LogP contribution in [0.25, 0.3) is 5.69 Å². The molecule has 0 radical (unpaired) electrons. The smallest absolute Gasteiger partial charge is 0.276 e. The lowest BCUT2D eigenvalue weighted by Gasteiger charge is -2.01. The van der Waals surface area contributed by atoms with E-state index < -0.39 is 5.91 Å². The van der Waals surface area contributed by atoms with Crippen molar-refractivity contribution in [1.82, 2.24) is 9.78 Å². The fraction of sp³-hybridized carbons (Fsp3) is 0.0526. The van der Waals surface area contributed by atoms with Crippen LogP contribution in [0.4, 0.5) is 5.69 Å². The number of fused-ring (bicyclic) bond motifs is 1. The molecule has 1 aliphatic heterocycles. The lowest BCUT2D eigenvalue weighted by Crippen LogP contribution is -2.13. The topological polar surface area (TPSA) is 71.6 Å². The number of para-hydroxylation sites is 1. The van der Waals surface area contributed by atoms with Crippen molar-refractivity contribution >= 4 is 58.3 Å². The predicted molar refractivity (Wildman–Crippen MR) is 113 cm³/mol. The summed E-state index contributed by atoms with van der Waals surface area (Å²) in [6.07, 6.45) is 1.47. The van der Waals surface area contributed by atoms with Crippen LogP contribution in [-0.4, -0.2) is 27.6 Å². The highest BCUT2D eigenvalue weighted by molar-refractivity contribution is 6.56. The molecule has 0 unspecified atom stereocenters. The Balaban J connectivity index is 1.69. The second kappa shape index (κ2) is 7.39. The molecule has 0 aliphatic carbocycles. The maximum Gasteiger partial charge on any atom is 0.276 e. The van der Waals surface area contributed by atoms with Gasteiger partial charge in [0.2, 0.25) is 0 Å². The summed E-state index contributed by atoms with van der Waals surface area (Å²) in [7, 11) is 0. The number of rotatable bonds is 3. The minimum absolute atomic E-state index is 0.125. The molecule has 3 aromatic rings. The van der Waals surface area contributed by atoms with E-state index in [1.54, 1.807) is 16.8 Å². The van der Waals surface area contributed by atoms with Gasteiger partial charge in [0, 0.05) is 10.6 Å². The molecule has 6 nitrogen and oxygen atoms in total. The van der Waals surface area contributed by atoms with Gasteiger partial charge in [-0.1, -0.05) is 53.0 Å². The molecule has 0 atom stereocenters. The van der Waals surface area contributed by atoms with Crippen LogP contribution < -0.4 is 5.32 Å². The summed E-state index contributed by atoms with van der Waals surface area (Å²) < 4.78 is 1.61. The molecule has 28 heavy (non-hydrogen) atoms. The highest BCUT2D eigenvalue weighted by Gasteiger charge is 2.28. The Morgan fingerprint density at radius 1 is 1.14 bits per heavy atom. The molecule has 0 saturated carbocycles. The zero-order chi connectivity index (χ0) is 19.8. The third kappa shape index (κ3) is 3.30. The molecule has 140 valence electrons. The Morgan fingerprint density at radius 2 is 1.89 bits per heavy atom. The van der Waals surface area contributed by atoms with Gasteiger partial charge in [-0.25, -0.2) is 4.68 Å². The number of nitrogens with zero attached hydrogens (tertiary/aromatic N) is 4. The van der Waals surface area contributed by atoms with Gasteiger partial charge in [0.15, 0.2) is 5.71 Å². The van der Waals surface area contributed by atoms with E-state index in [0.29, 0.717) is 37.7 Å². The van der Waals surface area contributed by atoms with E-state index in [1.165, 1.54) is 6.21 Å². The minimum Gasteiger partial charge on any atom is -0.319 e. The van der Waals surface area contributed by atoms with Crippen molar-refractivity contribution in [2.45, 2.75) is 6.92 Å². The summed E-state index contributed by atoms with van der Waals surface area (Å²) in [5.41, 5.74) is 3.21. The maximum absolute atomic E-state index is 12.2. The van der Waals surface area contributed by atoms with Crippen molar-refractivity contribution in [3.8, 4) is 5.69 Å². The lowest BCUT2D eigenvalue weighted by atomic mass is 10.1. The van der Waals surface area contributed by atoms with Crippen LogP contribution in [0, 0.1) is 6.92 Å². The molecular weight excluding hydrogens is 421 g/mol. The summed E-state index contributed by atoms with van der Waals surface area (Å²) in [4.78, 5) is 12.2. The Kier molecular flexibility index (Phi) is 4.93. The molecule has 4 rings (SSSR count). The van der Waals surface area contributed by atoms with Crippen molar-refractivity contribution in [3.63, 3.8) is 0 Å². The number of amides is 1. The van der Waals surface area contributed by atoms with Gasteiger partial charge >= 0.3 is 0 Å². The zero-order valence-corrected chi connectivity index (χ0v) is 16.7. The normalized spacial score (nSPS) is 14.7. The number of anilines is 1. The summed E-state index contributed by atoms with van der Waals surface area (Å²) >= 11 is 18.6. The van der Waals surface area contributed by atoms with Crippen LogP contribution in [-0.2, 0) is 4.79 Å². The molecular formula is C19H12Cl3N5O. The zero-order valence-electron chi connectivity index (χ0n) is 14.4. The Hall–Kier alpha value is -2.67. The van der Waals surface area contributed by atoms with Crippen molar-refractivity contribution in [1.29, 1.82) is 0 Å². The second-order valence-electron chi connectivity index (χ2n) is 5.99. The average molecular weight is 433 g/mol. The molecule has 0 spiro atoms. The molecule has 1 aliphatic rings. The SMILES string of the molecule is Cc1nn(-c2ccccc2)c(Cl)c1/C=N/N=C1\C(=O)Nc2c(Cl)cc(Cl)cc21. The number of aryl methyl sites for hydroxylation is 1. The number of benzene rings is 2. The van der Waals surface area contributed by atoms with Crippen LogP contribution in [0.15, 0.2) is 52.7 Å². The predicted octanol–water partition coefficient (Wildman–Crippen LogP) is 4.92. The van der Waals surface area contributed by atoms with Crippen LogP contribution in [0.3, 0.4) is 0 Å². The molecule has 0 fully saturated rings. The van der Waals surface area contributed by atoms with Crippen LogP contribution in [0.2, 0.25) is 15.2 Å². The molecule has 1 N–H and O–H groups in total. The first-order valence-corrected chi connectivity index (χ1v) is 9.31. The van der Waals surface area contributed by atoms with E-state index in [1.807, 2.05) is 37.3 Å². The number of hydrogen-bond acceptors (Lipinski definition) is 4. The van der Waals surface area contributed by atoms with E-state index >= 15 is 0 Å². The third-order valence-corrected chi connectivity index (χ3v) is 5.04. The first-order chi connectivity index (χ1) is 13.5. The van der Waals surface area contributed by atoms with Crippen LogP contribution >= 0.6 is 34.8 Å². The summed E-state index contributed by atoms with van der Waals surface area (Å²) in [5, 5.41) is 16.3. The van der Waals surface area contributed by atoms with E-state index in [2.05, 4.69) is 20.6 Å². The third-order valence-electron chi connectivity index (χ3n) is 4.16. The molecule has 1 amide bonds. The Morgan fingerprint density at radius 3 is 2.64 bits per heavy atom. The van der Waals surface area contributed by atoms with Crippen molar-refractivity contribution in [2.24, 2.45) is 10.2 Å². The lowest BCUT2D eigenvalue weighted by molar-refractivity contribution is -0.110. The number of carbonyl (C=O) groups excluding carboxylic acids is 1. The van der Waals surface area contributed by atoms with E-state index in [9.17, 15) is 4.79 Å². The second-order valence-corrected chi connectivity index (χ2v) is 7.20. The molecule has 9 heteroatoms. The Labute approximate surface area is 175 Å². The summed E-state index contributed by atoms with van der Waals surface area (Å²) in [6, 6.07) is 12.7. The fourth-order valence-electron chi connectivity index (χ4n) is 2.82. The minimum atomic E-state index is -0.404. The van der Waals surface area contributed by atoms with Crippen LogP contribution in [0.1, 0.15) is 16.8 Å². The largest absolute Gasteiger partial charge is 0.319 e. The van der Waals surface area contributed by atoms with E-state index in [0.717, 1.165) is 5.69 Å². The first kappa shape index (κ1) is 18.7. The number of nitrogens with one attached hydrogen (secondary N) is 1. The van der Waals surface area contributed by atoms with Gasteiger partial charge in [0.1, 0.15) is 5.15 Å². The monoisotopic (exact) mass is 431 g/mol. The fourth-order valence-corrected chi connectivity index (χ4v) is 3.69. The van der Waals surface area contributed by atoms with Gasteiger partial charge in [0.25, 0.3) is 5.91 Å². The molecule has 1 aromatic heterocycles. The molecule has 0 bridgehead atoms.